The zero-order chi connectivity index (χ0) is 12.3. The molecule has 0 spiro atoms. The Morgan fingerprint density at radius 1 is 1.47 bits per heavy atom. The number of benzene rings is 1. The lowest BCUT2D eigenvalue weighted by molar-refractivity contribution is -0.122. The number of carbonyl (C=O) groups is 1. The molecule has 1 saturated carbocycles. The van der Waals surface area contributed by atoms with Gasteiger partial charge in [-0.2, -0.15) is 5.26 Å². The Kier molecular flexibility index (Phi) is 3.65. The first-order chi connectivity index (χ1) is 8.19. The lowest BCUT2D eigenvalue weighted by Crippen LogP contribution is -2.25. The Morgan fingerprint density at radius 3 is 2.94 bits per heavy atom. The minimum absolute atomic E-state index is 0.0818. The summed E-state index contributed by atoms with van der Waals surface area (Å²) in [5.41, 5.74) is 0.502. The van der Waals surface area contributed by atoms with Crippen LogP contribution in [-0.2, 0) is 4.79 Å². The Balaban J connectivity index is 2.08. The summed E-state index contributed by atoms with van der Waals surface area (Å²) < 4.78 is 5.69. The van der Waals surface area contributed by atoms with Crippen molar-refractivity contribution in [3.8, 4) is 11.8 Å². The van der Waals surface area contributed by atoms with E-state index in [0.29, 0.717) is 29.2 Å². The van der Waals surface area contributed by atoms with Gasteiger partial charge in [0, 0.05) is 12.8 Å². The molecule has 0 radical (unpaired) electrons. The maximum atomic E-state index is 11.3. The fourth-order valence-electron chi connectivity index (χ4n) is 1.93. The molecule has 0 heterocycles. The third-order valence-electron chi connectivity index (χ3n) is 2.79. The van der Waals surface area contributed by atoms with E-state index >= 15 is 0 Å². The topological polar surface area (TPSA) is 50.1 Å². The molecule has 1 unspecified atom stereocenters. The van der Waals surface area contributed by atoms with Gasteiger partial charge in [-0.3, -0.25) is 4.79 Å². The van der Waals surface area contributed by atoms with Gasteiger partial charge in [-0.15, -0.1) is 0 Å². The highest BCUT2D eigenvalue weighted by atomic mass is 35.5. The molecule has 1 aliphatic rings. The van der Waals surface area contributed by atoms with Crippen LogP contribution < -0.4 is 4.74 Å². The van der Waals surface area contributed by atoms with Gasteiger partial charge in [-0.25, -0.2) is 0 Å². The second kappa shape index (κ2) is 5.20. The van der Waals surface area contributed by atoms with Crippen LogP contribution in [-0.4, -0.2) is 11.9 Å². The summed E-state index contributed by atoms with van der Waals surface area (Å²) in [7, 11) is 0. The monoisotopic (exact) mass is 249 g/mol. The maximum absolute atomic E-state index is 11.3. The molecule has 2 rings (SSSR count). The predicted molar refractivity (Wildman–Crippen MR) is 64.1 cm³/mol. The highest BCUT2D eigenvalue weighted by Gasteiger charge is 2.21. The van der Waals surface area contributed by atoms with Gasteiger partial charge in [0.25, 0.3) is 0 Å². The number of Topliss-reactive ketones (excluding diaryl/α,β-unsaturated/α-hetero) is 1. The maximum Gasteiger partial charge on any atom is 0.138 e. The van der Waals surface area contributed by atoms with Crippen molar-refractivity contribution in [1.29, 1.82) is 5.26 Å². The van der Waals surface area contributed by atoms with Crippen LogP contribution in [0.15, 0.2) is 18.2 Å². The molecule has 17 heavy (non-hydrogen) atoms. The smallest absolute Gasteiger partial charge is 0.138 e. The molecule has 0 aliphatic heterocycles. The first kappa shape index (κ1) is 11.9. The Bertz CT molecular complexity index is 479. The number of ketones is 1. The number of ether oxygens (including phenoxy) is 1. The molecule has 1 aromatic rings. The molecule has 0 aromatic heterocycles. The fourth-order valence-corrected chi connectivity index (χ4v) is 2.16. The molecule has 1 atom stereocenters. The Hall–Kier alpha value is -1.53. The van der Waals surface area contributed by atoms with E-state index in [1.54, 1.807) is 18.2 Å². The van der Waals surface area contributed by atoms with E-state index in [0.717, 1.165) is 12.8 Å². The predicted octanol–water partition coefficient (Wildman–Crippen LogP) is 3.10. The molecular weight excluding hydrogens is 238 g/mol. The van der Waals surface area contributed by atoms with Crippen molar-refractivity contribution in [1.82, 2.24) is 0 Å². The van der Waals surface area contributed by atoms with Crippen LogP contribution in [0.5, 0.6) is 5.75 Å². The largest absolute Gasteiger partial charge is 0.488 e. The lowest BCUT2D eigenvalue weighted by Gasteiger charge is -2.22. The summed E-state index contributed by atoms with van der Waals surface area (Å²) in [6.45, 7) is 0. The summed E-state index contributed by atoms with van der Waals surface area (Å²) in [6.07, 6.45) is 2.78. The molecule has 3 nitrogen and oxygen atoms in total. The van der Waals surface area contributed by atoms with Gasteiger partial charge in [-0.05, 0) is 31.0 Å². The second-order valence-corrected chi connectivity index (χ2v) is 4.54. The number of carbonyl (C=O) groups excluding carboxylic acids is 1. The van der Waals surface area contributed by atoms with Crippen LogP contribution in [0.4, 0.5) is 0 Å². The van der Waals surface area contributed by atoms with Crippen molar-refractivity contribution in [3.63, 3.8) is 0 Å². The molecule has 1 aromatic carbocycles. The fraction of sp³-hybridized carbons (Fsp3) is 0.385. The molecule has 1 fully saturated rings. The van der Waals surface area contributed by atoms with Gasteiger partial charge >= 0.3 is 0 Å². The molecule has 0 amide bonds. The minimum atomic E-state index is -0.0818. The second-order valence-electron chi connectivity index (χ2n) is 4.13. The Labute approximate surface area is 105 Å². The van der Waals surface area contributed by atoms with Crippen molar-refractivity contribution < 1.29 is 9.53 Å². The van der Waals surface area contributed by atoms with Crippen molar-refractivity contribution in [3.05, 3.63) is 28.8 Å². The number of hydrogen-bond acceptors (Lipinski definition) is 3. The summed E-state index contributed by atoms with van der Waals surface area (Å²) in [5, 5.41) is 9.13. The van der Waals surface area contributed by atoms with Gasteiger partial charge in [0.15, 0.2) is 0 Å². The molecule has 0 N–H and O–H groups in total. The van der Waals surface area contributed by atoms with E-state index in [1.807, 2.05) is 6.07 Å². The van der Waals surface area contributed by atoms with Crippen LogP contribution in [0.2, 0.25) is 5.02 Å². The summed E-state index contributed by atoms with van der Waals surface area (Å²) in [5.74, 6) is 0.788. The molecule has 1 aliphatic carbocycles. The normalized spacial score (nSPS) is 19.8. The summed E-state index contributed by atoms with van der Waals surface area (Å²) in [6, 6.07) is 6.92. The van der Waals surface area contributed by atoms with Crippen molar-refractivity contribution in [2.75, 3.05) is 0 Å². The number of nitrogens with zero attached hydrogens (tertiary/aromatic N) is 1. The molecule has 88 valence electrons. The van der Waals surface area contributed by atoms with Gasteiger partial charge < -0.3 is 4.74 Å². The standard InChI is InChI=1S/C13H12ClNO2/c14-12-6-9(8-15)4-5-13(12)17-11-3-1-2-10(16)7-11/h4-6,11H,1-3,7H2. The molecular formula is C13H12ClNO2. The van der Waals surface area contributed by atoms with E-state index in [9.17, 15) is 4.79 Å². The molecule has 0 bridgehead atoms. The average molecular weight is 250 g/mol. The lowest BCUT2D eigenvalue weighted by atomic mass is 9.96. The van der Waals surface area contributed by atoms with Gasteiger partial charge in [0.1, 0.15) is 17.6 Å². The molecule has 0 saturated heterocycles. The number of nitriles is 1. The van der Waals surface area contributed by atoms with Crippen molar-refractivity contribution >= 4 is 17.4 Å². The van der Waals surface area contributed by atoms with Crippen molar-refractivity contribution in [2.45, 2.75) is 31.8 Å². The highest BCUT2D eigenvalue weighted by molar-refractivity contribution is 6.32. The van der Waals surface area contributed by atoms with Crippen molar-refractivity contribution in [2.24, 2.45) is 0 Å². The summed E-state index contributed by atoms with van der Waals surface area (Å²) in [4.78, 5) is 11.3. The minimum Gasteiger partial charge on any atom is -0.488 e. The number of hydrogen-bond donors (Lipinski definition) is 0. The van der Waals surface area contributed by atoms with Crippen LogP contribution in [0, 0.1) is 11.3 Å². The van der Waals surface area contributed by atoms with Crippen LogP contribution in [0.1, 0.15) is 31.2 Å². The first-order valence-electron chi connectivity index (χ1n) is 5.57. The van der Waals surface area contributed by atoms with Crippen LogP contribution in [0.25, 0.3) is 0 Å². The summed E-state index contributed by atoms with van der Waals surface area (Å²) >= 11 is 6.00. The zero-order valence-corrected chi connectivity index (χ0v) is 10.0. The van der Waals surface area contributed by atoms with Gasteiger partial charge in [0.2, 0.25) is 0 Å². The van der Waals surface area contributed by atoms with E-state index in [4.69, 9.17) is 21.6 Å². The highest BCUT2D eigenvalue weighted by Crippen LogP contribution is 2.29. The third-order valence-corrected chi connectivity index (χ3v) is 3.09. The van der Waals surface area contributed by atoms with Crippen LogP contribution >= 0.6 is 11.6 Å². The number of rotatable bonds is 2. The van der Waals surface area contributed by atoms with E-state index in [2.05, 4.69) is 0 Å². The zero-order valence-electron chi connectivity index (χ0n) is 9.28. The third kappa shape index (κ3) is 2.98. The van der Waals surface area contributed by atoms with E-state index in [-0.39, 0.29) is 11.9 Å². The quantitative estimate of drug-likeness (QED) is 0.809. The SMILES string of the molecule is N#Cc1ccc(OC2CCCC(=O)C2)c(Cl)c1. The van der Waals surface area contributed by atoms with Crippen LogP contribution in [0.3, 0.4) is 0 Å². The van der Waals surface area contributed by atoms with E-state index in [1.165, 1.54) is 0 Å². The average Bonchev–Trinajstić information content (AvgIpc) is 2.32. The number of halogens is 1. The molecule has 4 heteroatoms. The van der Waals surface area contributed by atoms with E-state index < -0.39 is 0 Å². The van der Waals surface area contributed by atoms with Gasteiger partial charge in [0.05, 0.1) is 16.7 Å². The Morgan fingerprint density at radius 2 is 2.29 bits per heavy atom. The van der Waals surface area contributed by atoms with Gasteiger partial charge in [-0.1, -0.05) is 11.6 Å². The first-order valence-corrected chi connectivity index (χ1v) is 5.95.